The molecule has 1 saturated heterocycles. The molecule has 0 aromatic heterocycles. The second-order valence-corrected chi connectivity index (χ2v) is 17.5. The molecule has 0 spiro atoms. The largest absolute Gasteiger partial charge is 0.491 e. The molecule has 7 unspecified atom stereocenters. The number of rotatable bonds is 18. The van der Waals surface area contributed by atoms with E-state index in [1.165, 1.54) is 15.4 Å². The topological polar surface area (TPSA) is 124 Å². The summed E-state index contributed by atoms with van der Waals surface area (Å²) in [6.07, 6.45) is 7.44. The van der Waals surface area contributed by atoms with Gasteiger partial charge < -0.3 is 29.1 Å². The summed E-state index contributed by atoms with van der Waals surface area (Å²) in [6, 6.07) is 11.9. The minimum atomic E-state index is -1.78. The molecule has 1 saturated carbocycles. The summed E-state index contributed by atoms with van der Waals surface area (Å²) in [4.78, 5) is 31.3. The minimum Gasteiger partial charge on any atom is -0.491 e. The molecule has 3 aliphatic rings. The summed E-state index contributed by atoms with van der Waals surface area (Å²) in [6.45, 7) is 12.2. The van der Waals surface area contributed by atoms with E-state index in [0.717, 1.165) is 70.6 Å². The van der Waals surface area contributed by atoms with Gasteiger partial charge in [0.15, 0.2) is 17.3 Å². The number of ether oxygens (including phenoxy) is 3. The SMILES string of the molecule is CCCc1cc(Cl)ccc1C1COc2ccc(C(O)C(=O)NS(=O)N(C)C)cc2N(CC2CCC2C(/C=C/CCN(C)C(C)=O)OCCN2CCOCC2C)C1. The molecule has 0 bridgehead atoms. The highest BCUT2D eigenvalue weighted by atomic mass is 35.5. The first-order valence-corrected chi connectivity index (χ1v) is 21.5. The number of anilines is 1. The number of amides is 2. The van der Waals surface area contributed by atoms with Gasteiger partial charge in [-0.05, 0) is 85.4 Å². The van der Waals surface area contributed by atoms with Gasteiger partial charge in [-0.2, -0.15) is 0 Å². The lowest BCUT2D eigenvalue weighted by molar-refractivity contribution is -0.128. The van der Waals surface area contributed by atoms with Gasteiger partial charge in [0.05, 0.1) is 38.2 Å². The number of aryl methyl sites for hydroxylation is 1. The van der Waals surface area contributed by atoms with E-state index in [4.69, 9.17) is 25.8 Å². The molecule has 2 aromatic rings. The fourth-order valence-corrected chi connectivity index (χ4v) is 8.46. The summed E-state index contributed by atoms with van der Waals surface area (Å²) < 4.78 is 35.0. The van der Waals surface area contributed by atoms with Gasteiger partial charge in [0.2, 0.25) is 5.91 Å². The number of morpholine rings is 1. The molecular weight excluding hydrogens is 754 g/mol. The molecule has 2 fully saturated rings. The molecule has 2 amide bonds. The van der Waals surface area contributed by atoms with Crippen LogP contribution in [0.2, 0.25) is 5.02 Å². The molecule has 2 aromatic carbocycles. The quantitative estimate of drug-likeness (QED) is 0.198. The van der Waals surface area contributed by atoms with Crippen molar-refractivity contribution in [3.05, 3.63) is 70.3 Å². The van der Waals surface area contributed by atoms with Gasteiger partial charge >= 0.3 is 0 Å². The highest BCUT2D eigenvalue weighted by molar-refractivity contribution is 7.81. The second kappa shape index (κ2) is 21.1. The molecule has 56 heavy (non-hydrogen) atoms. The summed E-state index contributed by atoms with van der Waals surface area (Å²) in [5.74, 6) is 0.609. The third-order valence-corrected chi connectivity index (χ3v) is 12.7. The van der Waals surface area contributed by atoms with Gasteiger partial charge in [-0.1, -0.05) is 49.2 Å². The van der Waals surface area contributed by atoms with Gasteiger partial charge in [0.25, 0.3) is 5.91 Å². The average Bonchev–Trinajstić information content (AvgIpc) is 3.34. The molecule has 2 N–H and O–H groups in total. The van der Waals surface area contributed by atoms with Gasteiger partial charge in [-0.15, -0.1) is 0 Å². The summed E-state index contributed by atoms with van der Waals surface area (Å²) >= 11 is 4.71. The van der Waals surface area contributed by atoms with E-state index in [1.807, 2.05) is 25.2 Å². The first-order valence-electron chi connectivity index (χ1n) is 20.1. The average molecular weight is 817 g/mol. The third-order valence-electron chi connectivity index (χ3n) is 11.4. The normalized spacial score (nSPS) is 23.1. The zero-order chi connectivity index (χ0) is 40.4. The molecule has 310 valence electrons. The molecule has 7 atom stereocenters. The lowest BCUT2D eigenvalue weighted by Gasteiger charge is -2.44. The smallest absolute Gasteiger partial charge is 0.266 e. The molecular formula is C42H62ClN5O7S. The van der Waals surface area contributed by atoms with Crippen LogP contribution in [0.1, 0.15) is 75.2 Å². The Labute approximate surface area is 341 Å². The lowest BCUT2D eigenvalue weighted by Crippen LogP contribution is -2.47. The Hall–Kier alpha value is -3.04. The number of benzene rings is 2. The maximum Gasteiger partial charge on any atom is 0.266 e. The van der Waals surface area contributed by atoms with Crippen molar-refractivity contribution in [3.63, 3.8) is 0 Å². The molecule has 12 nitrogen and oxygen atoms in total. The third kappa shape index (κ3) is 11.8. The van der Waals surface area contributed by atoms with Crippen LogP contribution in [0.5, 0.6) is 5.75 Å². The summed E-state index contributed by atoms with van der Waals surface area (Å²) in [7, 11) is 4.99. The van der Waals surface area contributed by atoms with Crippen molar-refractivity contribution in [2.45, 2.75) is 77.0 Å². The van der Waals surface area contributed by atoms with Crippen molar-refractivity contribution >= 4 is 40.3 Å². The van der Waals surface area contributed by atoms with E-state index in [9.17, 15) is 18.9 Å². The van der Waals surface area contributed by atoms with Crippen molar-refractivity contribution in [3.8, 4) is 5.75 Å². The fraction of sp³-hybridized carbons (Fsp3) is 0.619. The molecule has 2 heterocycles. The van der Waals surface area contributed by atoms with Crippen molar-refractivity contribution in [1.29, 1.82) is 0 Å². The van der Waals surface area contributed by atoms with E-state index in [1.54, 1.807) is 32.0 Å². The van der Waals surface area contributed by atoms with Crippen LogP contribution in [0.25, 0.3) is 0 Å². The number of aliphatic hydroxyl groups excluding tert-OH is 1. The monoisotopic (exact) mass is 815 g/mol. The number of nitrogens with one attached hydrogen (secondary N) is 1. The van der Waals surface area contributed by atoms with Crippen molar-refractivity contribution < 1.29 is 33.1 Å². The number of nitrogens with zero attached hydrogens (tertiary/aromatic N) is 4. The van der Waals surface area contributed by atoms with Gasteiger partial charge in [-0.25, -0.2) is 8.51 Å². The van der Waals surface area contributed by atoms with Crippen molar-refractivity contribution in [1.82, 2.24) is 18.8 Å². The van der Waals surface area contributed by atoms with Crippen LogP contribution in [0.4, 0.5) is 5.69 Å². The summed E-state index contributed by atoms with van der Waals surface area (Å²) in [5, 5.41) is 11.9. The Morgan fingerprint density at radius 2 is 1.96 bits per heavy atom. The highest BCUT2D eigenvalue weighted by Gasteiger charge is 2.39. The standard InChI is InChI=1S/C42H62ClN5O7S/c1-7-10-31-23-35(43)14-16-36(31)34-26-48(38-24-32(13-17-40(38)55-28-34)41(50)42(51)44-56(52)45(4)5)25-33-12-15-37(33)39(11-8-9-18-46(6)30(3)49)54-22-20-47-19-21-53-27-29(47)2/h8,11,13-14,16-17,23-24,29,33-34,37,39,41,50H,7,9-10,12,15,18-22,25-28H2,1-6H3,(H,44,51)/b11-8+. The number of hydrogen-bond acceptors (Lipinski definition) is 9. The molecule has 5 rings (SSSR count). The maximum absolute atomic E-state index is 13.0. The molecule has 14 heteroatoms. The fourth-order valence-electron chi connectivity index (χ4n) is 7.80. The van der Waals surface area contributed by atoms with Crippen molar-refractivity contribution in [2.24, 2.45) is 11.8 Å². The van der Waals surface area contributed by atoms with E-state index in [-0.39, 0.29) is 23.8 Å². The van der Waals surface area contributed by atoms with Crippen LogP contribution in [0, 0.1) is 11.8 Å². The lowest BCUT2D eigenvalue weighted by atomic mass is 9.70. The zero-order valence-corrected chi connectivity index (χ0v) is 35.5. The highest BCUT2D eigenvalue weighted by Crippen LogP contribution is 2.43. The number of carbonyl (C=O) groups excluding carboxylic acids is 2. The predicted molar refractivity (Wildman–Crippen MR) is 222 cm³/mol. The second-order valence-electron chi connectivity index (χ2n) is 15.6. The van der Waals surface area contributed by atoms with Gasteiger partial charge in [0.1, 0.15) is 5.75 Å². The Bertz CT molecular complexity index is 1680. The van der Waals surface area contributed by atoms with Crippen LogP contribution < -0.4 is 14.4 Å². The van der Waals surface area contributed by atoms with E-state index in [2.05, 4.69) is 52.7 Å². The van der Waals surface area contributed by atoms with E-state index < -0.39 is 23.2 Å². The number of aliphatic hydroxyl groups is 1. The Morgan fingerprint density at radius 1 is 1.16 bits per heavy atom. The predicted octanol–water partition coefficient (Wildman–Crippen LogP) is 5.12. The van der Waals surface area contributed by atoms with E-state index in [0.29, 0.717) is 54.6 Å². The van der Waals surface area contributed by atoms with Gasteiger partial charge in [0, 0.05) is 77.8 Å². The van der Waals surface area contributed by atoms with Crippen LogP contribution in [-0.2, 0) is 36.7 Å². The Morgan fingerprint density at radius 3 is 2.66 bits per heavy atom. The minimum absolute atomic E-state index is 0.0413. The zero-order valence-electron chi connectivity index (χ0n) is 34.0. The van der Waals surface area contributed by atoms with Crippen LogP contribution in [-0.4, -0.2) is 128 Å². The maximum atomic E-state index is 13.0. The number of fused-ring (bicyclic) bond motifs is 1. The Kier molecular flexibility index (Phi) is 16.6. The number of halogens is 1. The van der Waals surface area contributed by atoms with E-state index >= 15 is 0 Å². The first-order chi connectivity index (χ1) is 26.9. The van der Waals surface area contributed by atoms with Crippen LogP contribution >= 0.6 is 11.6 Å². The Balaban J connectivity index is 1.41. The van der Waals surface area contributed by atoms with Crippen molar-refractivity contribution in [2.75, 3.05) is 85.2 Å². The number of carbonyl (C=O) groups is 2. The van der Waals surface area contributed by atoms with Crippen LogP contribution in [0.3, 0.4) is 0 Å². The first kappa shape index (κ1) is 44.1. The molecule has 1 aliphatic carbocycles. The van der Waals surface area contributed by atoms with Crippen LogP contribution in [0.15, 0.2) is 48.6 Å². The molecule has 2 aliphatic heterocycles. The summed E-state index contributed by atoms with van der Waals surface area (Å²) in [5.41, 5.74) is 3.63. The molecule has 0 radical (unpaired) electrons. The van der Waals surface area contributed by atoms with Gasteiger partial charge in [-0.3, -0.25) is 19.2 Å². The number of hydrogen-bond donors (Lipinski definition) is 2.